The molecule has 1 heterocycles. The molecule has 0 radical (unpaired) electrons. The van der Waals surface area contributed by atoms with E-state index in [4.69, 9.17) is 10.7 Å². The molecular formula is C6H10ClNO4S. The molecule has 0 N–H and O–H groups in total. The van der Waals surface area contributed by atoms with Crippen LogP contribution in [0, 0.1) is 5.92 Å². The molecule has 1 atom stereocenters. The highest BCUT2D eigenvalue weighted by Crippen LogP contribution is 2.21. The second kappa shape index (κ2) is 3.81. The Balaban J connectivity index is 2.60. The van der Waals surface area contributed by atoms with Gasteiger partial charge in [-0.25, -0.2) is 0 Å². The van der Waals surface area contributed by atoms with Crippen LogP contribution in [-0.4, -0.2) is 38.9 Å². The number of halogens is 1. The van der Waals surface area contributed by atoms with Gasteiger partial charge in [0.2, 0.25) is 0 Å². The van der Waals surface area contributed by atoms with Gasteiger partial charge < -0.3 is 4.74 Å². The smallest absolute Gasteiger partial charge is 0.310 e. The number of nitrogens with zero attached hydrogens (tertiary/aromatic N) is 1. The van der Waals surface area contributed by atoms with Crippen molar-refractivity contribution in [1.82, 2.24) is 4.31 Å². The standard InChI is InChI=1S/C6H10ClNO4S/c1-12-6(9)5-2-3-8(4-5)13(7,10)11/h5H,2-4H2,1H3. The third kappa shape index (κ3) is 2.55. The summed E-state index contributed by atoms with van der Waals surface area (Å²) in [6.07, 6.45) is 0.471. The van der Waals surface area contributed by atoms with E-state index in [-0.39, 0.29) is 25.0 Å². The maximum absolute atomic E-state index is 11.0. The van der Waals surface area contributed by atoms with E-state index in [1.165, 1.54) is 7.11 Å². The van der Waals surface area contributed by atoms with Gasteiger partial charge in [-0.05, 0) is 6.42 Å². The van der Waals surface area contributed by atoms with Gasteiger partial charge in [-0.1, -0.05) is 0 Å². The van der Waals surface area contributed by atoms with Crippen molar-refractivity contribution in [3.63, 3.8) is 0 Å². The second-order valence-electron chi connectivity index (χ2n) is 2.81. The SMILES string of the molecule is COC(=O)C1CCN(S(=O)(=O)Cl)C1. The maximum atomic E-state index is 11.0. The van der Waals surface area contributed by atoms with Crippen molar-refractivity contribution < 1.29 is 17.9 Å². The molecule has 0 spiro atoms. The molecule has 1 saturated heterocycles. The summed E-state index contributed by atoms with van der Waals surface area (Å²) in [7, 11) is 2.70. The molecule has 0 amide bonds. The third-order valence-corrected chi connectivity index (χ3v) is 3.53. The molecule has 1 rings (SSSR count). The van der Waals surface area contributed by atoms with Crippen LogP contribution in [-0.2, 0) is 18.8 Å². The van der Waals surface area contributed by atoms with Crippen LogP contribution in [0.5, 0.6) is 0 Å². The summed E-state index contributed by atoms with van der Waals surface area (Å²) in [4.78, 5) is 11.0. The highest BCUT2D eigenvalue weighted by Gasteiger charge is 2.34. The number of methoxy groups -OCH3 is 1. The Labute approximate surface area is 81.2 Å². The van der Waals surface area contributed by atoms with Gasteiger partial charge in [-0.3, -0.25) is 4.79 Å². The van der Waals surface area contributed by atoms with Gasteiger partial charge in [0.05, 0.1) is 13.0 Å². The quantitative estimate of drug-likeness (QED) is 0.491. The van der Waals surface area contributed by atoms with Crippen LogP contribution in [0.25, 0.3) is 0 Å². The van der Waals surface area contributed by atoms with E-state index in [1.54, 1.807) is 0 Å². The molecule has 5 nitrogen and oxygen atoms in total. The number of hydrogen-bond donors (Lipinski definition) is 0. The van der Waals surface area contributed by atoms with E-state index < -0.39 is 9.24 Å². The van der Waals surface area contributed by atoms with Crippen LogP contribution in [0.4, 0.5) is 0 Å². The minimum absolute atomic E-state index is 0.124. The molecule has 1 unspecified atom stereocenters. The van der Waals surface area contributed by atoms with Crippen LogP contribution in [0.1, 0.15) is 6.42 Å². The van der Waals surface area contributed by atoms with Gasteiger partial charge in [-0.15, -0.1) is 0 Å². The molecule has 0 bridgehead atoms. The summed E-state index contributed by atoms with van der Waals surface area (Å²) in [5.41, 5.74) is 0. The topological polar surface area (TPSA) is 63.7 Å². The predicted molar refractivity (Wildman–Crippen MR) is 46.5 cm³/mol. The largest absolute Gasteiger partial charge is 0.469 e. The fourth-order valence-corrected chi connectivity index (χ4v) is 2.34. The number of carbonyl (C=O) groups excluding carboxylic acids is 1. The number of ether oxygens (including phenoxy) is 1. The van der Waals surface area contributed by atoms with Crippen LogP contribution < -0.4 is 0 Å². The van der Waals surface area contributed by atoms with Gasteiger partial charge in [0, 0.05) is 23.8 Å². The Kier molecular flexibility index (Phi) is 3.15. The Hall–Kier alpha value is -0.330. The van der Waals surface area contributed by atoms with Crippen LogP contribution in [0.15, 0.2) is 0 Å². The average molecular weight is 228 g/mol. The summed E-state index contributed by atoms with van der Waals surface area (Å²) >= 11 is 0. The number of carbonyl (C=O) groups is 1. The normalized spacial score (nSPS) is 24.6. The zero-order valence-corrected chi connectivity index (χ0v) is 8.64. The lowest BCUT2D eigenvalue weighted by molar-refractivity contribution is -0.144. The fourth-order valence-electron chi connectivity index (χ4n) is 1.29. The summed E-state index contributed by atoms with van der Waals surface area (Å²) in [5, 5.41) is 0. The predicted octanol–water partition coefficient (Wildman–Crippen LogP) is -0.0351. The Morgan fingerprint density at radius 2 is 2.23 bits per heavy atom. The van der Waals surface area contributed by atoms with E-state index >= 15 is 0 Å². The summed E-state index contributed by atoms with van der Waals surface area (Å²) in [6, 6.07) is 0. The van der Waals surface area contributed by atoms with Crippen molar-refractivity contribution in [2.75, 3.05) is 20.2 Å². The number of hydrogen-bond acceptors (Lipinski definition) is 4. The molecule has 1 aliphatic heterocycles. The summed E-state index contributed by atoms with van der Waals surface area (Å²) in [6.45, 7) is 0.407. The number of rotatable bonds is 2. The minimum Gasteiger partial charge on any atom is -0.469 e. The summed E-state index contributed by atoms with van der Waals surface area (Å²) in [5.74, 6) is -0.763. The van der Waals surface area contributed by atoms with Crippen LogP contribution in [0.3, 0.4) is 0 Å². The molecule has 0 aromatic heterocycles. The lowest BCUT2D eigenvalue weighted by Crippen LogP contribution is -2.26. The Morgan fingerprint density at radius 1 is 1.62 bits per heavy atom. The molecular weight excluding hydrogens is 218 g/mol. The van der Waals surface area contributed by atoms with Crippen molar-refractivity contribution in [2.45, 2.75) is 6.42 Å². The molecule has 0 aliphatic carbocycles. The Morgan fingerprint density at radius 3 is 2.62 bits per heavy atom. The van der Waals surface area contributed by atoms with Gasteiger partial charge in [0.25, 0.3) is 9.24 Å². The molecule has 0 aromatic carbocycles. The monoisotopic (exact) mass is 227 g/mol. The van der Waals surface area contributed by atoms with E-state index in [1.807, 2.05) is 0 Å². The van der Waals surface area contributed by atoms with Crippen molar-refractivity contribution in [2.24, 2.45) is 5.92 Å². The molecule has 0 saturated carbocycles. The first-order chi connectivity index (χ1) is 5.95. The second-order valence-corrected chi connectivity index (χ2v) is 5.32. The van der Waals surface area contributed by atoms with Crippen molar-refractivity contribution in [3.05, 3.63) is 0 Å². The number of esters is 1. The molecule has 7 heteroatoms. The molecule has 1 aliphatic rings. The lowest BCUT2D eigenvalue weighted by Gasteiger charge is -2.09. The van der Waals surface area contributed by atoms with Crippen LogP contribution in [0.2, 0.25) is 0 Å². The zero-order chi connectivity index (χ0) is 10.1. The van der Waals surface area contributed by atoms with Crippen molar-refractivity contribution in [3.8, 4) is 0 Å². The highest BCUT2D eigenvalue weighted by molar-refractivity contribution is 8.11. The maximum Gasteiger partial charge on any atom is 0.310 e. The highest BCUT2D eigenvalue weighted by atomic mass is 35.7. The van der Waals surface area contributed by atoms with Gasteiger partial charge in [-0.2, -0.15) is 12.7 Å². The summed E-state index contributed by atoms with van der Waals surface area (Å²) < 4.78 is 27.2. The minimum atomic E-state index is -3.68. The van der Waals surface area contributed by atoms with Gasteiger partial charge in [0.15, 0.2) is 0 Å². The molecule has 0 aromatic rings. The average Bonchev–Trinajstić information content (AvgIpc) is 2.50. The van der Waals surface area contributed by atoms with Crippen LogP contribution >= 0.6 is 10.7 Å². The van der Waals surface area contributed by atoms with E-state index in [9.17, 15) is 13.2 Å². The first-order valence-electron chi connectivity index (χ1n) is 3.72. The van der Waals surface area contributed by atoms with Gasteiger partial charge >= 0.3 is 5.97 Å². The zero-order valence-electron chi connectivity index (χ0n) is 7.07. The lowest BCUT2D eigenvalue weighted by atomic mass is 10.1. The van der Waals surface area contributed by atoms with Gasteiger partial charge in [0.1, 0.15) is 0 Å². The molecule has 1 fully saturated rings. The van der Waals surface area contributed by atoms with E-state index in [0.29, 0.717) is 6.42 Å². The fraction of sp³-hybridized carbons (Fsp3) is 0.833. The van der Waals surface area contributed by atoms with Crippen molar-refractivity contribution >= 4 is 25.9 Å². The van der Waals surface area contributed by atoms with Crippen molar-refractivity contribution in [1.29, 1.82) is 0 Å². The first-order valence-corrected chi connectivity index (χ1v) is 5.99. The van der Waals surface area contributed by atoms with E-state index in [0.717, 1.165) is 4.31 Å². The molecule has 13 heavy (non-hydrogen) atoms. The Bertz CT molecular complexity index is 302. The molecule has 76 valence electrons. The van der Waals surface area contributed by atoms with E-state index in [2.05, 4.69) is 4.74 Å². The first kappa shape index (κ1) is 10.7. The third-order valence-electron chi connectivity index (χ3n) is 1.99.